The molecule has 0 atom stereocenters. The van der Waals surface area contributed by atoms with Gasteiger partial charge in [-0.3, -0.25) is 0 Å². The zero-order valence-electron chi connectivity index (χ0n) is 41.6. The summed E-state index contributed by atoms with van der Waals surface area (Å²) >= 11 is 0. The van der Waals surface area contributed by atoms with Crippen molar-refractivity contribution in [3.05, 3.63) is 250 Å². The minimum Gasteiger partial charge on any atom is -0.0616 e. The van der Waals surface area contributed by atoms with Gasteiger partial charge in [0.25, 0.3) is 0 Å². The van der Waals surface area contributed by atoms with Crippen molar-refractivity contribution in [1.82, 2.24) is 0 Å². The van der Waals surface area contributed by atoms with E-state index in [9.17, 15) is 0 Å². The average molecular weight is 889 g/mol. The first kappa shape index (κ1) is 45.0. The van der Waals surface area contributed by atoms with Gasteiger partial charge in [0, 0.05) is 0 Å². The van der Waals surface area contributed by atoms with Crippen LogP contribution in [0.4, 0.5) is 0 Å². The lowest BCUT2D eigenvalue weighted by Crippen LogP contribution is -1.94. The van der Waals surface area contributed by atoms with Gasteiger partial charge in [0.05, 0.1) is 0 Å². The molecule has 0 saturated carbocycles. The molecule has 336 valence electrons. The van der Waals surface area contributed by atoms with Crippen molar-refractivity contribution in [2.75, 3.05) is 0 Å². The predicted molar refractivity (Wildman–Crippen MR) is 298 cm³/mol. The second kappa shape index (κ2) is 18.7. The van der Waals surface area contributed by atoms with Crippen LogP contribution in [-0.2, 0) is 0 Å². The molecule has 0 unspecified atom stereocenters. The Labute approximate surface area is 410 Å². The van der Waals surface area contributed by atoms with E-state index in [4.69, 9.17) is 0 Å². The molecular formula is C69H60. The van der Waals surface area contributed by atoms with Crippen LogP contribution in [-0.4, -0.2) is 0 Å². The molecule has 0 saturated heterocycles. The Bertz CT molecular complexity index is 3130. The summed E-state index contributed by atoms with van der Waals surface area (Å²) in [5, 5.41) is 0. The smallest absolute Gasteiger partial charge is 0.0105 e. The van der Waals surface area contributed by atoms with Crippen LogP contribution in [0.2, 0.25) is 0 Å². The largest absolute Gasteiger partial charge is 0.0616 e. The van der Waals surface area contributed by atoms with Gasteiger partial charge in [0.15, 0.2) is 0 Å². The fraction of sp³-hybridized carbons (Fsp3) is 0.130. The van der Waals surface area contributed by atoms with Crippen LogP contribution in [0.5, 0.6) is 0 Å². The Kier molecular flexibility index (Phi) is 12.2. The summed E-state index contributed by atoms with van der Waals surface area (Å²) in [6, 6.07) is 75.3. The van der Waals surface area contributed by atoms with Crippen molar-refractivity contribution < 1.29 is 0 Å². The molecule has 0 radical (unpaired) electrons. The normalized spacial score (nSPS) is 11.3. The molecule has 0 fully saturated rings. The van der Waals surface area contributed by atoms with Crippen LogP contribution in [0.1, 0.15) is 50.1 Å². The third-order valence-corrected chi connectivity index (χ3v) is 14.1. The summed E-state index contributed by atoms with van der Waals surface area (Å²) in [6.07, 6.45) is 0. The van der Waals surface area contributed by atoms with Gasteiger partial charge in [-0.15, -0.1) is 0 Å². The first-order valence-electron chi connectivity index (χ1n) is 24.4. The summed E-state index contributed by atoms with van der Waals surface area (Å²) in [6.45, 7) is 20.0. The van der Waals surface area contributed by atoms with E-state index in [0.29, 0.717) is 0 Å². The van der Waals surface area contributed by atoms with Crippen LogP contribution >= 0.6 is 0 Å². The molecular weight excluding hydrogens is 829 g/mol. The molecule has 0 heteroatoms. The third-order valence-electron chi connectivity index (χ3n) is 14.1. The molecule has 10 aromatic rings. The van der Waals surface area contributed by atoms with E-state index in [1.54, 1.807) is 0 Å². The van der Waals surface area contributed by atoms with Crippen molar-refractivity contribution in [1.29, 1.82) is 0 Å². The van der Waals surface area contributed by atoms with E-state index >= 15 is 0 Å². The molecule has 0 N–H and O–H groups in total. The lowest BCUT2D eigenvalue weighted by Gasteiger charge is -2.19. The lowest BCUT2D eigenvalue weighted by molar-refractivity contribution is 1.32. The number of aryl methyl sites for hydroxylation is 9. The highest BCUT2D eigenvalue weighted by molar-refractivity contribution is 5.95. The molecule has 0 nitrogen and oxygen atoms in total. The van der Waals surface area contributed by atoms with Gasteiger partial charge < -0.3 is 0 Å². The highest BCUT2D eigenvalue weighted by atomic mass is 14.2. The van der Waals surface area contributed by atoms with Crippen LogP contribution in [0.15, 0.2) is 200 Å². The molecule has 0 bridgehead atoms. The Hall–Kier alpha value is -7.80. The molecule has 0 aromatic heterocycles. The van der Waals surface area contributed by atoms with Crippen LogP contribution in [0.25, 0.3) is 100 Å². The van der Waals surface area contributed by atoms with Gasteiger partial charge in [0.2, 0.25) is 0 Å². The first-order chi connectivity index (χ1) is 33.4. The maximum Gasteiger partial charge on any atom is -0.0105 e. The molecule has 69 heavy (non-hydrogen) atoms. The molecule has 0 aliphatic rings. The van der Waals surface area contributed by atoms with Crippen molar-refractivity contribution in [3.63, 3.8) is 0 Å². The molecule has 10 aromatic carbocycles. The maximum absolute atomic E-state index is 2.42. The van der Waals surface area contributed by atoms with Crippen molar-refractivity contribution >= 4 is 0 Å². The lowest BCUT2D eigenvalue weighted by atomic mass is 9.85. The number of hydrogen-bond donors (Lipinski definition) is 0. The van der Waals surface area contributed by atoms with E-state index in [1.165, 1.54) is 150 Å². The van der Waals surface area contributed by atoms with Gasteiger partial charge in [-0.1, -0.05) is 180 Å². The second-order valence-corrected chi connectivity index (χ2v) is 19.5. The minimum absolute atomic E-state index is 1.18. The van der Waals surface area contributed by atoms with E-state index in [1.807, 2.05) is 0 Å². The number of benzene rings is 10. The highest BCUT2D eigenvalue weighted by Crippen LogP contribution is 2.44. The summed E-state index contributed by atoms with van der Waals surface area (Å²) in [5.74, 6) is 0. The van der Waals surface area contributed by atoms with Crippen LogP contribution in [0.3, 0.4) is 0 Å². The molecule has 0 spiro atoms. The zero-order chi connectivity index (χ0) is 47.9. The van der Waals surface area contributed by atoms with Gasteiger partial charge in [0.1, 0.15) is 0 Å². The summed E-state index contributed by atoms with van der Waals surface area (Å²) in [5.41, 5.74) is 33.7. The Morgan fingerprint density at radius 2 is 0.362 bits per heavy atom. The van der Waals surface area contributed by atoms with Gasteiger partial charge >= 0.3 is 0 Å². The Balaban J connectivity index is 1.17. The predicted octanol–water partition coefficient (Wildman–Crippen LogP) is 19.5. The number of rotatable bonds is 9. The van der Waals surface area contributed by atoms with E-state index < -0.39 is 0 Å². The fourth-order valence-corrected chi connectivity index (χ4v) is 11.5. The first-order valence-corrected chi connectivity index (χ1v) is 24.4. The summed E-state index contributed by atoms with van der Waals surface area (Å²) in [7, 11) is 0. The second-order valence-electron chi connectivity index (χ2n) is 19.5. The molecule has 0 aliphatic heterocycles. The van der Waals surface area contributed by atoms with Gasteiger partial charge in [-0.25, -0.2) is 0 Å². The highest BCUT2D eigenvalue weighted by Gasteiger charge is 2.19. The van der Waals surface area contributed by atoms with E-state index in [2.05, 4.69) is 263 Å². The Morgan fingerprint density at radius 3 is 0.594 bits per heavy atom. The number of hydrogen-bond acceptors (Lipinski definition) is 0. The molecule has 0 heterocycles. The fourth-order valence-electron chi connectivity index (χ4n) is 11.5. The standard InChI is InChI=1S/C69H60/c1-43-31-46(4)67(47(5)32-43)55-22-16-19-52(37-55)61-25-10-13-28-64(61)58-40-59(65-29-14-11-26-62(65)53-20-17-23-56(38-53)68-48(6)33-44(2)34-49(68)7)42-60(41-58)66-30-15-12-27-63(66)54-21-18-24-57(39-54)69-50(8)35-45(3)36-51(69)9/h10-42H,1-9H3. The molecule has 10 rings (SSSR count). The van der Waals surface area contributed by atoms with Crippen molar-refractivity contribution in [2.24, 2.45) is 0 Å². The van der Waals surface area contributed by atoms with Gasteiger partial charge in [-0.2, -0.15) is 0 Å². The average Bonchev–Trinajstić information content (AvgIpc) is 3.33. The molecule has 0 aliphatic carbocycles. The SMILES string of the molecule is Cc1cc(C)c(-c2cccc(-c3ccccc3-c3cc(-c4ccccc4-c4cccc(-c5c(C)cc(C)cc5C)c4)cc(-c4ccccc4-c4cccc(-c5c(C)cc(C)cc5C)c4)c3)c2)c(C)c1. The monoisotopic (exact) mass is 888 g/mol. The third kappa shape index (κ3) is 8.92. The Morgan fingerprint density at radius 1 is 0.174 bits per heavy atom. The topological polar surface area (TPSA) is 0 Å². The minimum atomic E-state index is 1.18. The van der Waals surface area contributed by atoms with Crippen molar-refractivity contribution in [2.45, 2.75) is 62.3 Å². The van der Waals surface area contributed by atoms with Gasteiger partial charge in [-0.05, 0) is 232 Å². The van der Waals surface area contributed by atoms with E-state index in [0.717, 1.165) is 0 Å². The van der Waals surface area contributed by atoms with Crippen LogP contribution < -0.4 is 0 Å². The summed E-state index contributed by atoms with van der Waals surface area (Å²) in [4.78, 5) is 0. The van der Waals surface area contributed by atoms with E-state index in [-0.39, 0.29) is 0 Å². The van der Waals surface area contributed by atoms with Crippen LogP contribution in [0, 0.1) is 62.3 Å². The zero-order valence-corrected chi connectivity index (χ0v) is 41.6. The maximum atomic E-state index is 2.42. The molecule has 0 amide bonds. The summed E-state index contributed by atoms with van der Waals surface area (Å²) < 4.78 is 0. The van der Waals surface area contributed by atoms with Crippen molar-refractivity contribution in [3.8, 4) is 100 Å². The quantitative estimate of drug-likeness (QED) is 0.135.